The van der Waals surface area contributed by atoms with Crippen LogP contribution in [0.5, 0.6) is 0 Å². The molecule has 107 valence electrons. The number of hydrogen-bond acceptors (Lipinski definition) is 3. The third-order valence-corrected chi connectivity index (χ3v) is 4.36. The van der Waals surface area contributed by atoms with Crippen molar-refractivity contribution >= 4 is 40.9 Å². The topological polar surface area (TPSA) is 29.4 Å². The quantitative estimate of drug-likeness (QED) is 0.802. The predicted octanol–water partition coefficient (Wildman–Crippen LogP) is 3.91. The first-order valence-electron chi connectivity index (χ1n) is 7.15. The Kier molecular flexibility index (Phi) is 4.59. The molecule has 0 aromatic heterocycles. The first kappa shape index (κ1) is 14.9. The van der Waals surface area contributed by atoms with Gasteiger partial charge < -0.3 is 0 Å². The van der Waals surface area contributed by atoms with Gasteiger partial charge in [0.1, 0.15) is 5.78 Å². The van der Waals surface area contributed by atoms with E-state index >= 15 is 0 Å². The van der Waals surface area contributed by atoms with Crippen molar-refractivity contribution < 1.29 is 4.79 Å². The third kappa shape index (κ3) is 3.39. The molecule has 22 heavy (non-hydrogen) atoms. The van der Waals surface area contributed by atoms with Crippen LogP contribution in [0.2, 0.25) is 0 Å². The molecule has 0 amide bonds. The average molecular weight is 304 g/mol. The van der Waals surface area contributed by atoms with E-state index in [0.29, 0.717) is 5.75 Å². The number of aliphatic imine (C=N–C) groups is 1. The van der Waals surface area contributed by atoms with Crippen molar-refractivity contribution in [2.24, 2.45) is 4.99 Å². The lowest BCUT2D eigenvalue weighted by Crippen LogP contribution is -2.06. The van der Waals surface area contributed by atoms with Gasteiger partial charge in [-0.05, 0) is 23.5 Å². The zero-order valence-corrected chi connectivity index (χ0v) is 13.1. The number of nitrogens with zero attached hydrogens (tertiary/aromatic N) is 1. The molecule has 0 saturated heterocycles. The minimum atomic E-state index is 0.163. The van der Waals surface area contributed by atoms with E-state index in [4.69, 9.17) is 4.99 Å². The van der Waals surface area contributed by atoms with E-state index in [9.17, 15) is 4.79 Å². The summed E-state index contributed by atoms with van der Waals surface area (Å²) >= 11 is 1.49. The first-order valence-corrected chi connectivity index (χ1v) is 8.13. The van der Waals surface area contributed by atoms with Gasteiger partial charge in [0.25, 0.3) is 0 Å². The lowest BCUT2D eigenvalue weighted by Gasteiger charge is -2.06. The van der Waals surface area contributed by atoms with Crippen LogP contribution in [0, 0.1) is 0 Å². The van der Waals surface area contributed by atoms with E-state index in [1.165, 1.54) is 11.8 Å². The van der Waals surface area contributed by atoms with Crippen molar-refractivity contribution in [3.8, 4) is 0 Å². The van der Waals surface area contributed by atoms with E-state index in [1.807, 2.05) is 36.4 Å². The molecule has 0 fully saturated rings. The second kappa shape index (κ2) is 6.80. The van der Waals surface area contributed by atoms with E-state index in [1.54, 1.807) is 6.92 Å². The number of benzene rings is 2. The van der Waals surface area contributed by atoms with Gasteiger partial charge in [0.05, 0.1) is 11.4 Å². The summed E-state index contributed by atoms with van der Waals surface area (Å²) in [5.74, 6) is 0.620. The maximum Gasteiger partial charge on any atom is 0.229 e. The molecule has 0 unspecified atom stereocenters. The molecule has 3 rings (SSSR count). The molecular weight excluding hydrogens is 289 g/mol. The fourth-order valence-corrected chi connectivity index (χ4v) is 3.01. The van der Waals surface area contributed by atoms with Crippen molar-refractivity contribution in [1.29, 1.82) is 0 Å². The van der Waals surface area contributed by atoms with Gasteiger partial charge in [-0.1, -0.05) is 60.7 Å². The molecule has 0 spiro atoms. The maximum absolute atomic E-state index is 11.2. The van der Waals surface area contributed by atoms with Gasteiger partial charge in [-0.15, -0.1) is 11.8 Å². The predicted molar refractivity (Wildman–Crippen MR) is 96.0 cm³/mol. The van der Waals surface area contributed by atoms with Gasteiger partial charge in [0.2, 0.25) is 7.28 Å². The van der Waals surface area contributed by atoms with Crippen LogP contribution in [0.15, 0.2) is 65.7 Å². The van der Waals surface area contributed by atoms with Crippen LogP contribution < -0.4 is 0 Å². The average Bonchev–Trinajstić information content (AvgIpc) is 2.99. The summed E-state index contributed by atoms with van der Waals surface area (Å²) in [6.45, 7) is 1.60. The van der Waals surface area contributed by atoms with Crippen molar-refractivity contribution in [2.45, 2.75) is 6.92 Å². The molecule has 1 aliphatic heterocycles. The molecule has 0 atom stereocenters. The van der Waals surface area contributed by atoms with Gasteiger partial charge in [0.15, 0.2) is 0 Å². The highest BCUT2D eigenvalue weighted by molar-refractivity contribution is 8.17. The lowest BCUT2D eigenvalue weighted by atomic mass is 9.68. The fourth-order valence-electron chi connectivity index (χ4n) is 2.30. The summed E-state index contributed by atoms with van der Waals surface area (Å²) in [4.78, 5) is 16.8. The Labute approximate surface area is 135 Å². The molecule has 0 saturated carbocycles. The molecule has 2 aromatic rings. The van der Waals surface area contributed by atoms with Crippen molar-refractivity contribution in [3.63, 3.8) is 0 Å². The van der Waals surface area contributed by atoms with Gasteiger partial charge in [-0.3, -0.25) is 9.79 Å². The van der Waals surface area contributed by atoms with Crippen LogP contribution in [-0.2, 0) is 4.79 Å². The van der Waals surface area contributed by atoms with E-state index in [2.05, 4.69) is 31.5 Å². The number of hydrogen-bond donors (Lipinski definition) is 0. The largest absolute Gasteiger partial charge is 0.299 e. The number of ketones is 1. The SMILES string of the molecule is CC(=O)CSC1=NC(c2ccccc2)=C(c2ccccc2)[B]1. The second-order valence-corrected chi connectivity index (χ2v) is 6.08. The molecule has 0 bridgehead atoms. The van der Waals surface area contributed by atoms with Gasteiger partial charge >= 0.3 is 0 Å². The molecule has 2 nitrogen and oxygen atoms in total. The molecular formula is C18H15BNOS. The Hall–Kier alpha value is -2.07. The summed E-state index contributed by atoms with van der Waals surface area (Å²) in [7, 11) is 2.07. The Morgan fingerprint density at radius 3 is 2.18 bits per heavy atom. The van der Waals surface area contributed by atoms with Crippen LogP contribution in [-0.4, -0.2) is 23.8 Å². The number of carbonyl (C=O) groups excluding carboxylic acids is 1. The highest BCUT2D eigenvalue weighted by Gasteiger charge is 2.22. The van der Waals surface area contributed by atoms with Gasteiger partial charge in [-0.25, -0.2) is 0 Å². The van der Waals surface area contributed by atoms with Gasteiger partial charge in [0, 0.05) is 4.94 Å². The summed E-state index contributed by atoms with van der Waals surface area (Å²) in [5, 5.41) is 0. The Bertz CT molecular complexity index is 738. The van der Waals surface area contributed by atoms with E-state index in [-0.39, 0.29) is 5.78 Å². The fraction of sp³-hybridized carbons (Fsp3) is 0.111. The van der Waals surface area contributed by atoms with Gasteiger partial charge in [-0.2, -0.15) is 0 Å². The monoisotopic (exact) mass is 304 g/mol. The van der Waals surface area contributed by atoms with Crippen molar-refractivity contribution in [1.82, 2.24) is 0 Å². The van der Waals surface area contributed by atoms with Crippen molar-refractivity contribution in [2.75, 3.05) is 5.75 Å². The molecule has 2 aromatic carbocycles. The van der Waals surface area contributed by atoms with Crippen LogP contribution in [0.4, 0.5) is 0 Å². The zero-order valence-electron chi connectivity index (χ0n) is 12.3. The van der Waals surface area contributed by atoms with Crippen LogP contribution in [0.25, 0.3) is 11.2 Å². The number of carbonyl (C=O) groups is 1. The minimum Gasteiger partial charge on any atom is -0.299 e. The molecule has 1 heterocycles. The zero-order chi connectivity index (χ0) is 15.4. The third-order valence-electron chi connectivity index (χ3n) is 3.30. The summed E-state index contributed by atoms with van der Waals surface area (Å²) in [6.07, 6.45) is 0. The molecule has 0 aliphatic carbocycles. The highest BCUT2D eigenvalue weighted by atomic mass is 32.2. The highest BCUT2D eigenvalue weighted by Crippen LogP contribution is 2.33. The lowest BCUT2D eigenvalue weighted by molar-refractivity contribution is -0.114. The van der Waals surface area contributed by atoms with Crippen LogP contribution in [0.3, 0.4) is 0 Å². The normalized spacial score (nSPS) is 13.8. The Morgan fingerprint density at radius 2 is 1.59 bits per heavy atom. The Balaban J connectivity index is 1.96. The van der Waals surface area contributed by atoms with E-state index < -0.39 is 0 Å². The Morgan fingerprint density at radius 1 is 1.00 bits per heavy atom. The number of rotatable bonds is 4. The molecule has 1 aliphatic rings. The van der Waals surface area contributed by atoms with Crippen LogP contribution in [0.1, 0.15) is 18.1 Å². The standard InChI is InChI=1S/C18H15BNOS/c1-13(21)12-22-18-19-16(14-8-4-2-5-9-14)17(20-18)15-10-6-3-7-11-15/h2-11H,12H2,1H3. The van der Waals surface area contributed by atoms with Crippen LogP contribution >= 0.6 is 11.8 Å². The summed E-state index contributed by atoms with van der Waals surface area (Å²) < 4.78 is 0. The molecule has 1 radical (unpaired) electrons. The summed E-state index contributed by atoms with van der Waals surface area (Å²) in [6, 6.07) is 20.4. The number of Topliss-reactive ketones (excluding diaryl/α,β-unsaturated/α-hetero) is 1. The first-order chi connectivity index (χ1) is 10.7. The smallest absolute Gasteiger partial charge is 0.229 e. The maximum atomic E-state index is 11.2. The summed E-state index contributed by atoms with van der Waals surface area (Å²) in [5.41, 5.74) is 4.32. The molecule has 4 heteroatoms. The minimum absolute atomic E-state index is 0.163. The molecule has 0 N–H and O–H groups in total. The second-order valence-electron chi connectivity index (χ2n) is 5.08. The van der Waals surface area contributed by atoms with E-state index in [0.717, 1.165) is 27.2 Å². The number of thioether (sulfide) groups is 1. The van der Waals surface area contributed by atoms with Crippen molar-refractivity contribution in [3.05, 3.63) is 71.8 Å².